The Hall–Kier alpha value is -1.52. The molecule has 0 radical (unpaired) electrons. The van der Waals surface area contributed by atoms with Crippen molar-refractivity contribution in [2.24, 2.45) is 0 Å². The molecule has 1 N–H and O–H groups in total. The molecule has 0 fully saturated rings. The minimum atomic E-state index is 0.274. The fourth-order valence-electron chi connectivity index (χ4n) is 1.85. The summed E-state index contributed by atoms with van der Waals surface area (Å²) in [6.45, 7) is 0.540. The Morgan fingerprint density at radius 2 is 1.89 bits per heavy atom. The van der Waals surface area contributed by atoms with Crippen LogP contribution in [0.4, 0.5) is 0 Å². The van der Waals surface area contributed by atoms with Crippen LogP contribution in [0.2, 0.25) is 0 Å². The molecule has 0 aliphatic heterocycles. The van der Waals surface area contributed by atoms with Crippen molar-refractivity contribution in [3.05, 3.63) is 58.6 Å². The quantitative estimate of drug-likeness (QED) is 0.734. The second-order valence-corrected chi connectivity index (χ2v) is 5.97. The van der Waals surface area contributed by atoms with Crippen LogP contribution in [0.3, 0.4) is 0 Å². The highest BCUT2D eigenvalue weighted by atomic mass is 79.9. The predicted molar refractivity (Wildman–Crippen MR) is 82.0 cm³/mol. The van der Waals surface area contributed by atoms with E-state index < -0.39 is 0 Å². The van der Waals surface area contributed by atoms with Gasteiger partial charge < -0.3 is 9.84 Å². The van der Waals surface area contributed by atoms with E-state index in [0.29, 0.717) is 6.61 Å². The van der Waals surface area contributed by atoms with Crippen molar-refractivity contribution in [2.45, 2.75) is 6.61 Å². The van der Waals surface area contributed by atoms with Gasteiger partial charge in [0.2, 0.25) is 0 Å². The summed E-state index contributed by atoms with van der Waals surface area (Å²) in [7, 11) is 0. The molecular formula is C15H11BrO2S. The summed E-state index contributed by atoms with van der Waals surface area (Å²) >= 11 is 5.08. The van der Waals surface area contributed by atoms with Gasteiger partial charge in [-0.05, 0) is 39.7 Å². The van der Waals surface area contributed by atoms with Crippen LogP contribution in [0.5, 0.6) is 10.8 Å². The summed E-state index contributed by atoms with van der Waals surface area (Å²) in [4.78, 5) is 0. The molecule has 0 amide bonds. The van der Waals surface area contributed by atoms with Crippen molar-refractivity contribution >= 4 is 37.4 Å². The normalized spacial score (nSPS) is 10.8. The molecule has 1 aromatic heterocycles. The van der Waals surface area contributed by atoms with Gasteiger partial charge in [0.25, 0.3) is 0 Å². The first-order valence-corrected chi connectivity index (χ1v) is 7.43. The van der Waals surface area contributed by atoms with Crippen molar-refractivity contribution in [3.8, 4) is 10.8 Å². The van der Waals surface area contributed by atoms with E-state index in [1.54, 1.807) is 12.1 Å². The summed E-state index contributed by atoms with van der Waals surface area (Å²) < 4.78 is 7.79. The Balaban J connectivity index is 1.87. The summed E-state index contributed by atoms with van der Waals surface area (Å²) in [5, 5.41) is 11.4. The van der Waals surface area contributed by atoms with E-state index in [1.807, 2.05) is 36.4 Å². The molecule has 4 heteroatoms. The maximum atomic E-state index is 9.49. The van der Waals surface area contributed by atoms with Gasteiger partial charge in [0.15, 0.2) is 5.06 Å². The van der Waals surface area contributed by atoms with Crippen LogP contribution in [-0.2, 0) is 6.61 Å². The Morgan fingerprint density at radius 3 is 2.68 bits per heavy atom. The molecular weight excluding hydrogens is 324 g/mol. The molecule has 0 aliphatic rings. The zero-order chi connectivity index (χ0) is 13.2. The molecule has 2 aromatic carbocycles. The van der Waals surface area contributed by atoms with E-state index in [-0.39, 0.29) is 5.75 Å². The van der Waals surface area contributed by atoms with Crippen LogP contribution in [0.1, 0.15) is 5.56 Å². The number of thiophene rings is 1. The molecule has 0 saturated carbocycles. The number of phenolic OH excluding ortho intramolecular Hbond substituents is 1. The van der Waals surface area contributed by atoms with Crippen LogP contribution >= 0.6 is 27.3 Å². The number of halogens is 1. The summed E-state index contributed by atoms with van der Waals surface area (Å²) in [5.74, 6) is 0.274. The van der Waals surface area contributed by atoms with Crippen LogP contribution in [0.15, 0.2) is 53.0 Å². The molecule has 3 aromatic rings. The molecule has 19 heavy (non-hydrogen) atoms. The third-order valence-electron chi connectivity index (χ3n) is 2.80. The fourth-order valence-corrected chi connectivity index (χ4v) is 3.66. The van der Waals surface area contributed by atoms with Crippen molar-refractivity contribution in [2.75, 3.05) is 0 Å². The van der Waals surface area contributed by atoms with Gasteiger partial charge in [-0.25, -0.2) is 0 Å². The molecule has 0 spiro atoms. The lowest BCUT2D eigenvalue weighted by atomic mass is 10.2. The highest BCUT2D eigenvalue weighted by Gasteiger charge is 2.11. The van der Waals surface area contributed by atoms with E-state index in [1.165, 1.54) is 11.3 Å². The minimum absolute atomic E-state index is 0.274. The third kappa shape index (κ3) is 2.60. The summed E-state index contributed by atoms with van der Waals surface area (Å²) in [6, 6.07) is 15.4. The molecule has 96 valence electrons. The third-order valence-corrected chi connectivity index (χ3v) is 4.91. The van der Waals surface area contributed by atoms with Gasteiger partial charge in [0.05, 0.1) is 4.47 Å². The first-order valence-electron chi connectivity index (χ1n) is 5.82. The Labute approximate surface area is 123 Å². The zero-order valence-corrected chi connectivity index (χ0v) is 12.4. The van der Waals surface area contributed by atoms with E-state index in [2.05, 4.69) is 15.9 Å². The Morgan fingerprint density at radius 1 is 1.11 bits per heavy atom. The first-order chi connectivity index (χ1) is 9.24. The molecule has 0 bridgehead atoms. The summed E-state index contributed by atoms with van der Waals surface area (Å²) in [5.41, 5.74) is 1.13. The standard InChI is InChI=1S/C15H11BrO2S/c16-14-12-7-6-11(17)8-13(12)19-15(14)18-9-10-4-2-1-3-5-10/h1-8,17H,9H2. The van der Waals surface area contributed by atoms with Gasteiger partial charge in [-0.15, -0.1) is 0 Å². The van der Waals surface area contributed by atoms with E-state index in [9.17, 15) is 5.11 Å². The number of aromatic hydroxyl groups is 1. The van der Waals surface area contributed by atoms with Crippen molar-refractivity contribution in [1.82, 2.24) is 0 Å². The number of benzene rings is 2. The van der Waals surface area contributed by atoms with Crippen molar-refractivity contribution < 1.29 is 9.84 Å². The monoisotopic (exact) mass is 334 g/mol. The number of hydrogen-bond acceptors (Lipinski definition) is 3. The van der Waals surface area contributed by atoms with E-state index >= 15 is 0 Å². The first kappa shape index (κ1) is 12.5. The van der Waals surface area contributed by atoms with Crippen LogP contribution in [-0.4, -0.2) is 5.11 Å². The lowest BCUT2D eigenvalue weighted by molar-refractivity contribution is 0.314. The smallest absolute Gasteiger partial charge is 0.189 e. The maximum Gasteiger partial charge on any atom is 0.189 e. The summed E-state index contributed by atoms with van der Waals surface area (Å²) in [6.07, 6.45) is 0. The van der Waals surface area contributed by atoms with Crippen molar-refractivity contribution in [3.63, 3.8) is 0 Å². The topological polar surface area (TPSA) is 29.5 Å². The SMILES string of the molecule is Oc1ccc2c(Br)c(OCc3ccccc3)sc2c1. The van der Waals surface area contributed by atoms with Crippen LogP contribution < -0.4 is 4.74 Å². The number of fused-ring (bicyclic) bond motifs is 1. The predicted octanol–water partition coefficient (Wildman–Crippen LogP) is 4.95. The maximum absolute atomic E-state index is 9.49. The minimum Gasteiger partial charge on any atom is -0.508 e. The molecule has 0 saturated heterocycles. The van der Waals surface area contributed by atoms with Crippen LogP contribution in [0, 0.1) is 0 Å². The number of hydrogen-bond donors (Lipinski definition) is 1. The lowest BCUT2D eigenvalue weighted by Crippen LogP contribution is -1.93. The Kier molecular flexibility index (Phi) is 3.44. The van der Waals surface area contributed by atoms with Gasteiger partial charge in [-0.3, -0.25) is 0 Å². The van der Waals surface area contributed by atoms with Crippen LogP contribution in [0.25, 0.3) is 10.1 Å². The lowest BCUT2D eigenvalue weighted by Gasteiger charge is -2.03. The number of phenols is 1. The second-order valence-electron chi connectivity index (χ2n) is 4.16. The van der Waals surface area contributed by atoms with Crippen molar-refractivity contribution in [1.29, 1.82) is 0 Å². The largest absolute Gasteiger partial charge is 0.508 e. The molecule has 1 heterocycles. The average molecular weight is 335 g/mol. The number of rotatable bonds is 3. The van der Waals surface area contributed by atoms with E-state index in [4.69, 9.17) is 4.74 Å². The average Bonchev–Trinajstić information content (AvgIpc) is 2.74. The molecule has 0 unspecified atom stereocenters. The van der Waals surface area contributed by atoms with Gasteiger partial charge in [0, 0.05) is 10.1 Å². The molecule has 0 aliphatic carbocycles. The highest BCUT2D eigenvalue weighted by molar-refractivity contribution is 9.10. The fraction of sp³-hybridized carbons (Fsp3) is 0.0667. The van der Waals surface area contributed by atoms with Gasteiger partial charge in [-0.2, -0.15) is 0 Å². The highest BCUT2D eigenvalue weighted by Crippen LogP contribution is 2.42. The van der Waals surface area contributed by atoms with Gasteiger partial charge >= 0.3 is 0 Å². The molecule has 0 atom stereocenters. The Bertz CT molecular complexity index is 707. The zero-order valence-electron chi connectivity index (χ0n) is 9.97. The number of ether oxygens (including phenoxy) is 1. The van der Waals surface area contributed by atoms with Gasteiger partial charge in [-0.1, -0.05) is 41.7 Å². The second kappa shape index (κ2) is 5.23. The molecule has 2 nitrogen and oxygen atoms in total. The molecule has 3 rings (SSSR count). The van der Waals surface area contributed by atoms with Gasteiger partial charge in [0.1, 0.15) is 12.4 Å². The van der Waals surface area contributed by atoms with E-state index in [0.717, 1.165) is 25.2 Å².